The SMILES string of the molecule is Cc1cccc(CNc2ccc(CS(N)(=O)=O)cc2)c1. The van der Waals surface area contributed by atoms with Crippen molar-refractivity contribution in [3.8, 4) is 0 Å². The molecule has 0 spiro atoms. The van der Waals surface area contributed by atoms with E-state index in [9.17, 15) is 8.42 Å². The zero-order valence-corrected chi connectivity index (χ0v) is 12.2. The lowest BCUT2D eigenvalue weighted by molar-refractivity contribution is 0.597. The fourth-order valence-corrected chi connectivity index (χ4v) is 2.63. The number of hydrogen-bond acceptors (Lipinski definition) is 3. The largest absolute Gasteiger partial charge is 0.381 e. The molecule has 0 amide bonds. The van der Waals surface area contributed by atoms with Crippen molar-refractivity contribution in [2.45, 2.75) is 19.2 Å². The number of hydrogen-bond donors (Lipinski definition) is 2. The molecule has 2 aromatic carbocycles. The monoisotopic (exact) mass is 290 g/mol. The average molecular weight is 290 g/mol. The highest BCUT2D eigenvalue weighted by molar-refractivity contribution is 7.88. The second-order valence-electron chi connectivity index (χ2n) is 4.85. The van der Waals surface area contributed by atoms with E-state index in [0.717, 1.165) is 12.2 Å². The maximum atomic E-state index is 11.0. The molecule has 0 fully saturated rings. The molecule has 0 aliphatic carbocycles. The molecule has 2 aromatic rings. The molecule has 3 N–H and O–H groups in total. The van der Waals surface area contributed by atoms with Crippen molar-refractivity contribution in [1.82, 2.24) is 0 Å². The molecule has 0 atom stereocenters. The van der Waals surface area contributed by atoms with Crippen molar-refractivity contribution in [3.63, 3.8) is 0 Å². The summed E-state index contributed by atoms with van der Waals surface area (Å²) in [6.45, 7) is 2.79. The fourth-order valence-electron chi connectivity index (χ4n) is 1.98. The van der Waals surface area contributed by atoms with Crippen molar-refractivity contribution in [1.29, 1.82) is 0 Å². The predicted octanol–water partition coefficient (Wildman–Crippen LogP) is 2.40. The maximum Gasteiger partial charge on any atom is 0.213 e. The topological polar surface area (TPSA) is 72.2 Å². The first-order valence-corrected chi connectivity index (χ1v) is 8.03. The quantitative estimate of drug-likeness (QED) is 0.888. The Morgan fingerprint density at radius 2 is 1.75 bits per heavy atom. The molecule has 0 saturated heterocycles. The van der Waals surface area contributed by atoms with Crippen LogP contribution in [0.25, 0.3) is 0 Å². The lowest BCUT2D eigenvalue weighted by atomic mass is 10.1. The van der Waals surface area contributed by atoms with Gasteiger partial charge in [-0.1, -0.05) is 42.0 Å². The van der Waals surface area contributed by atoms with Crippen molar-refractivity contribution in [2.75, 3.05) is 5.32 Å². The van der Waals surface area contributed by atoms with Crippen LogP contribution in [0.15, 0.2) is 48.5 Å². The van der Waals surface area contributed by atoms with E-state index in [4.69, 9.17) is 5.14 Å². The van der Waals surface area contributed by atoms with Gasteiger partial charge in [0.25, 0.3) is 0 Å². The zero-order chi connectivity index (χ0) is 14.6. The summed E-state index contributed by atoms with van der Waals surface area (Å²) in [4.78, 5) is 0. The normalized spacial score (nSPS) is 11.3. The van der Waals surface area contributed by atoms with Crippen LogP contribution in [0.4, 0.5) is 5.69 Å². The summed E-state index contributed by atoms with van der Waals surface area (Å²) in [5.74, 6) is -0.134. The summed E-state index contributed by atoms with van der Waals surface area (Å²) in [5, 5.41) is 8.31. The Balaban J connectivity index is 1.97. The minimum Gasteiger partial charge on any atom is -0.381 e. The number of nitrogens with one attached hydrogen (secondary N) is 1. The Bertz CT molecular complexity index is 679. The number of primary sulfonamides is 1. The molecule has 4 nitrogen and oxygen atoms in total. The van der Waals surface area contributed by atoms with Crippen molar-refractivity contribution < 1.29 is 8.42 Å². The zero-order valence-electron chi connectivity index (χ0n) is 11.3. The lowest BCUT2D eigenvalue weighted by Crippen LogP contribution is -2.14. The smallest absolute Gasteiger partial charge is 0.213 e. The van der Waals surface area contributed by atoms with Crippen molar-refractivity contribution in [3.05, 3.63) is 65.2 Å². The summed E-state index contributed by atoms with van der Waals surface area (Å²) in [6.07, 6.45) is 0. The minimum absolute atomic E-state index is 0.134. The van der Waals surface area contributed by atoms with E-state index in [1.54, 1.807) is 12.1 Å². The number of sulfonamides is 1. The fraction of sp³-hybridized carbons (Fsp3) is 0.200. The van der Waals surface area contributed by atoms with Gasteiger partial charge in [-0.15, -0.1) is 0 Å². The van der Waals surface area contributed by atoms with E-state index in [1.165, 1.54) is 11.1 Å². The van der Waals surface area contributed by atoms with Crippen LogP contribution in [0.3, 0.4) is 0 Å². The lowest BCUT2D eigenvalue weighted by Gasteiger charge is -2.08. The van der Waals surface area contributed by atoms with E-state index in [0.29, 0.717) is 5.56 Å². The molecule has 0 radical (unpaired) electrons. The molecule has 106 valence electrons. The van der Waals surface area contributed by atoms with Gasteiger partial charge in [0.1, 0.15) is 0 Å². The predicted molar refractivity (Wildman–Crippen MR) is 81.8 cm³/mol. The van der Waals surface area contributed by atoms with Gasteiger partial charge in [0, 0.05) is 12.2 Å². The highest BCUT2D eigenvalue weighted by Crippen LogP contribution is 2.13. The first-order valence-electron chi connectivity index (χ1n) is 6.31. The summed E-state index contributed by atoms with van der Waals surface area (Å²) in [6, 6.07) is 15.5. The second kappa shape index (κ2) is 6.07. The van der Waals surface area contributed by atoms with E-state index in [-0.39, 0.29) is 5.75 Å². The van der Waals surface area contributed by atoms with E-state index >= 15 is 0 Å². The first kappa shape index (κ1) is 14.6. The maximum absolute atomic E-state index is 11.0. The average Bonchev–Trinajstić information content (AvgIpc) is 2.36. The van der Waals surface area contributed by atoms with E-state index < -0.39 is 10.0 Å². The number of benzene rings is 2. The van der Waals surface area contributed by atoms with Crippen LogP contribution in [0.1, 0.15) is 16.7 Å². The van der Waals surface area contributed by atoms with Crippen LogP contribution in [0.5, 0.6) is 0 Å². The molecule has 0 aliphatic heterocycles. The third kappa shape index (κ3) is 4.68. The van der Waals surface area contributed by atoms with Gasteiger partial charge in [0.2, 0.25) is 10.0 Å². The van der Waals surface area contributed by atoms with Crippen LogP contribution < -0.4 is 10.5 Å². The van der Waals surface area contributed by atoms with Crippen molar-refractivity contribution >= 4 is 15.7 Å². The summed E-state index contributed by atoms with van der Waals surface area (Å²) in [7, 11) is -3.47. The molecular weight excluding hydrogens is 272 g/mol. The van der Waals surface area contributed by atoms with Gasteiger partial charge in [-0.05, 0) is 30.2 Å². The third-order valence-electron chi connectivity index (χ3n) is 2.90. The highest BCUT2D eigenvalue weighted by atomic mass is 32.2. The minimum atomic E-state index is -3.47. The van der Waals surface area contributed by atoms with Crippen LogP contribution in [0, 0.1) is 6.92 Å². The molecule has 5 heteroatoms. The Morgan fingerprint density at radius 1 is 1.05 bits per heavy atom. The van der Waals surface area contributed by atoms with Crippen LogP contribution in [-0.4, -0.2) is 8.42 Å². The van der Waals surface area contributed by atoms with Gasteiger partial charge in [-0.2, -0.15) is 0 Å². The molecule has 20 heavy (non-hydrogen) atoms. The van der Waals surface area contributed by atoms with Crippen LogP contribution in [0.2, 0.25) is 0 Å². The summed E-state index contributed by atoms with van der Waals surface area (Å²) < 4.78 is 22.0. The van der Waals surface area contributed by atoms with Gasteiger partial charge >= 0.3 is 0 Å². The molecule has 0 saturated carbocycles. The Morgan fingerprint density at radius 3 is 2.35 bits per heavy atom. The summed E-state index contributed by atoms with van der Waals surface area (Å²) >= 11 is 0. The van der Waals surface area contributed by atoms with Gasteiger partial charge in [0.15, 0.2) is 0 Å². The van der Waals surface area contributed by atoms with Crippen LogP contribution >= 0.6 is 0 Å². The van der Waals surface area contributed by atoms with Gasteiger partial charge in [0.05, 0.1) is 5.75 Å². The number of anilines is 1. The first-order chi connectivity index (χ1) is 9.42. The molecule has 0 bridgehead atoms. The summed E-state index contributed by atoms with van der Waals surface area (Å²) in [5.41, 5.74) is 4.07. The van der Waals surface area contributed by atoms with Gasteiger partial charge in [-0.25, -0.2) is 13.6 Å². The Labute approximate surface area is 119 Å². The standard InChI is InChI=1S/C15H18N2O2S/c1-12-3-2-4-14(9-12)10-17-15-7-5-13(6-8-15)11-20(16,18)19/h2-9,17H,10-11H2,1H3,(H2,16,18,19). The molecular formula is C15H18N2O2S. The number of rotatable bonds is 5. The van der Waals surface area contributed by atoms with Gasteiger partial charge < -0.3 is 5.32 Å². The number of aryl methyl sites for hydroxylation is 1. The highest BCUT2D eigenvalue weighted by Gasteiger charge is 2.04. The molecule has 0 heterocycles. The van der Waals surface area contributed by atoms with Crippen molar-refractivity contribution in [2.24, 2.45) is 5.14 Å². The Kier molecular flexibility index (Phi) is 4.42. The third-order valence-corrected chi connectivity index (χ3v) is 3.64. The molecule has 2 rings (SSSR count). The number of nitrogens with two attached hydrogens (primary N) is 1. The second-order valence-corrected chi connectivity index (χ2v) is 6.46. The Hall–Kier alpha value is -1.85. The van der Waals surface area contributed by atoms with E-state index in [1.807, 2.05) is 18.2 Å². The van der Waals surface area contributed by atoms with E-state index in [2.05, 4.69) is 30.4 Å². The molecule has 0 aromatic heterocycles. The molecule has 0 aliphatic rings. The van der Waals surface area contributed by atoms with Crippen LogP contribution in [-0.2, 0) is 22.3 Å². The molecule has 0 unspecified atom stereocenters. The van der Waals surface area contributed by atoms with Gasteiger partial charge in [-0.3, -0.25) is 0 Å².